The fourth-order valence-electron chi connectivity index (χ4n) is 3.84. The van der Waals surface area contributed by atoms with Gasteiger partial charge in [0.1, 0.15) is 28.5 Å². The summed E-state index contributed by atoms with van der Waals surface area (Å²) in [5.41, 5.74) is -0.0436. The predicted molar refractivity (Wildman–Crippen MR) is 128 cm³/mol. The van der Waals surface area contributed by atoms with E-state index in [9.17, 15) is 18.4 Å². The van der Waals surface area contributed by atoms with Crippen molar-refractivity contribution >= 4 is 33.7 Å². The van der Waals surface area contributed by atoms with E-state index < -0.39 is 22.9 Å². The molecule has 5 rings (SSSR count). The molecule has 0 saturated heterocycles. The summed E-state index contributed by atoms with van der Waals surface area (Å²) in [4.78, 5) is 36.1. The molecule has 11 heteroatoms. The monoisotopic (exact) mass is 495 g/mol. The first-order chi connectivity index (χ1) is 16.7. The highest BCUT2D eigenvalue weighted by molar-refractivity contribution is 6.30. The standard InChI is InChI=1S/C24H16ClF2N5O3/c1-12(2)17-10-18-21(22(29-17)35-3)23(33)32(20-11-28-19-8-13(26)6-7-30(19)20)24(34)31(18)14-4-5-16(27)15(25)9-14/h4-11H,1H2,2-3H3. The molecular formula is C24H16ClF2N5O3. The van der Waals surface area contributed by atoms with Crippen molar-refractivity contribution in [2.24, 2.45) is 0 Å². The number of allylic oxidation sites excluding steroid dienone is 1. The van der Waals surface area contributed by atoms with Crippen molar-refractivity contribution in [3.63, 3.8) is 0 Å². The van der Waals surface area contributed by atoms with Gasteiger partial charge in [-0.1, -0.05) is 18.2 Å². The fourth-order valence-corrected chi connectivity index (χ4v) is 4.01. The topological polar surface area (TPSA) is 83.4 Å². The minimum absolute atomic E-state index is 0.0189. The minimum atomic E-state index is -0.794. The summed E-state index contributed by atoms with van der Waals surface area (Å²) in [5.74, 6) is -1.19. The predicted octanol–water partition coefficient (Wildman–Crippen LogP) is 4.16. The van der Waals surface area contributed by atoms with Crippen molar-refractivity contribution in [2.45, 2.75) is 6.92 Å². The molecule has 0 amide bonds. The number of hydrogen-bond acceptors (Lipinski definition) is 5. The van der Waals surface area contributed by atoms with Crippen molar-refractivity contribution < 1.29 is 13.5 Å². The number of hydrogen-bond donors (Lipinski definition) is 0. The molecule has 35 heavy (non-hydrogen) atoms. The Morgan fingerprint density at radius 2 is 1.89 bits per heavy atom. The molecule has 0 atom stereocenters. The molecule has 0 radical (unpaired) electrons. The normalized spacial score (nSPS) is 11.3. The van der Waals surface area contributed by atoms with Gasteiger partial charge in [-0.25, -0.2) is 28.1 Å². The Labute approximate surface area is 200 Å². The Morgan fingerprint density at radius 1 is 1.11 bits per heavy atom. The molecule has 176 valence electrons. The molecular weight excluding hydrogens is 480 g/mol. The van der Waals surface area contributed by atoms with Crippen molar-refractivity contribution in [2.75, 3.05) is 7.11 Å². The van der Waals surface area contributed by atoms with Gasteiger partial charge >= 0.3 is 5.69 Å². The third-order valence-electron chi connectivity index (χ3n) is 5.48. The summed E-state index contributed by atoms with van der Waals surface area (Å²) in [6.45, 7) is 5.59. The van der Waals surface area contributed by atoms with E-state index in [1.165, 1.54) is 52.7 Å². The number of imidazole rings is 1. The lowest BCUT2D eigenvalue weighted by Gasteiger charge is -2.16. The van der Waals surface area contributed by atoms with Gasteiger partial charge in [-0.15, -0.1) is 0 Å². The summed E-state index contributed by atoms with van der Waals surface area (Å²) in [7, 11) is 1.34. The van der Waals surface area contributed by atoms with Crippen molar-refractivity contribution in [1.82, 2.24) is 23.5 Å². The first kappa shape index (κ1) is 22.5. The zero-order valence-corrected chi connectivity index (χ0v) is 19.2. The van der Waals surface area contributed by atoms with Crippen LogP contribution in [0.3, 0.4) is 0 Å². The summed E-state index contributed by atoms with van der Waals surface area (Å²) in [5, 5.41) is -0.235. The highest BCUT2D eigenvalue weighted by atomic mass is 35.5. The zero-order chi connectivity index (χ0) is 25.0. The summed E-state index contributed by atoms with van der Waals surface area (Å²) in [6, 6.07) is 7.59. The molecule has 0 spiro atoms. The van der Waals surface area contributed by atoms with Crippen molar-refractivity contribution in [1.29, 1.82) is 0 Å². The zero-order valence-electron chi connectivity index (χ0n) is 18.4. The largest absolute Gasteiger partial charge is 0.480 e. The van der Waals surface area contributed by atoms with Crippen LogP contribution < -0.4 is 16.0 Å². The Morgan fingerprint density at radius 3 is 2.57 bits per heavy atom. The number of halogens is 3. The lowest BCUT2D eigenvalue weighted by molar-refractivity contribution is 0.402. The van der Waals surface area contributed by atoms with Gasteiger partial charge in [-0.05, 0) is 42.8 Å². The average molecular weight is 496 g/mol. The molecule has 0 aliphatic rings. The quantitative estimate of drug-likeness (QED) is 0.374. The van der Waals surface area contributed by atoms with Gasteiger partial charge in [0, 0.05) is 12.3 Å². The van der Waals surface area contributed by atoms with E-state index in [0.29, 0.717) is 11.3 Å². The van der Waals surface area contributed by atoms with Gasteiger partial charge in [0.05, 0.1) is 35.2 Å². The molecule has 0 N–H and O–H groups in total. The Bertz CT molecular complexity index is 1810. The minimum Gasteiger partial charge on any atom is -0.480 e. The molecule has 0 aliphatic carbocycles. The second kappa shape index (κ2) is 8.17. The average Bonchev–Trinajstić information content (AvgIpc) is 3.23. The van der Waals surface area contributed by atoms with Crippen LogP contribution in [0, 0.1) is 11.6 Å². The van der Waals surface area contributed by atoms with Gasteiger partial charge in [0.2, 0.25) is 5.88 Å². The molecule has 4 aromatic heterocycles. The van der Waals surface area contributed by atoms with E-state index in [-0.39, 0.29) is 39.0 Å². The van der Waals surface area contributed by atoms with Crippen LogP contribution in [-0.4, -0.2) is 30.6 Å². The van der Waals surface area contributed by atoms with Crippen LogP contribution in [0.25, 0.3) is 33.6 Å². The number of ether oxygens (including phenoxy) is 1. The molecule has 1 aromatic carbocycles. The van der Waals surface area contributed by atoms with Gasteiger partial charge in [0.25, 0.3) is 5.56 Å². The van der Waals surface area contributed by atoms with E-state index in [1.807, 2.05) is 0 Å². The molecule has 0 unspecified atom stereocenters. The summed E-state index contributed by atoms with van der Waals surface area (Å²) in [6.07, 6.45) is 2.62. The maximum absolute atomic E-state index is 13.9. The lowest BCUT2D eigenvalue weighted by Crippen LogP contribution is -2.39. The van der Waals surface area contributed by atoms with Crippen molar-refractivity contribution in [3.05, 3.63) is 98.6 Å². The smallest absolute Gasteiger partial charge is 0.342 e. The Balaban J connectivity index is 2.01. The molecule has 0 saturated carbocycles. The van der Waals surface area contributed by atoms with E-state index >= 15 is 0 Å². The van der Waals surface area contributed by atoms with Gasteiger partial charge in [0.15, 0.2) is 0 Å². The molecule has 5 aromatic rings. The highest BCUT2D eigenvalue weighted by Gasteiger charge is 2.23. The number of pyridine rings is 2. The lowest BCUT2D eigenvalue weighted by atomic mass is 10.1. The molecule has 4 heterocycles. The highest BCUT2D eigenvalue weighted by Crippen LogP contribution is 2.27. The fraction of sp³-hybridized carbons (Fsp3) is 0.0833. The SMILES string of the molecule is C=C(C)c1cc2c(c(OC)n1)c(=O)n(-c1cnc3cc(F)ccn13)c(=O)n2-c1ccc(F)c(Cl)c1. The van der Waals surface area contributed by atoms with Crippen LogP contribution in [0.1, 0.15) is 12.6 Å². The van der Waals surface area contributed by atoms with Crippen LogP contribution in [0.15, 0.2) is 65.0 Å². The van der Waals surface area contributed by atoms with Gasteiger partial charge in [-0.2, -0.15) is 0 Å². The number of benzene rings is 1. The first-order valence-corrected chi connectivity index (χ1v) is 10.6. The summed E-state index contributed by atoms with van der Waals surface area (Å²) >= 11 is 6.01. The number of rotatable bonds is 4. The van der Waals surface area contributed by atoms with Crippen molar-refractivity contribution in [3.8, 4) is 17.4 Å². The van der Waals surface area contributed by atoms with Crippen LogP contribution in [0.4, 0.5) is 8.78 Å². The third kappa shape index (κ3) is 3.50. The third-order valence-corrected chi connectivity index (χ3v) is 5.77. The number of aromatic nitrogens is 5. The second-order valence-corrected chi connectivity index (χ2v) is 8.14. The van der Waals surface area contributed by atoms with E-state index in [2.05, 4.69) is 16.5 Å². The number of nitrogens with zero attached hydrogens (tertiary/aromatic N) is 5. The molecule has 8 nitrogen and oxygen atoms in total. The van der Waals surface area contributed by atoms with E-state index in [0.717, 1.165) is 16.7 Å². The number of methoxy groups -OCH3 is 1. The van der Waals surface area contributed by atoms with E-state index in [4.69, 9.17) is 16.3 Å². The Hall–Kier alpha value is -4.31. The maximum atomic E-state index is 13.9. The van der Waals surface area contributed by atoms with Crippen LogP contribution >= 0.6 is 11.6 Å². The van der Waals surface area contributed by atoms with Crippen LogP contribution in [0.2, 0.25) is 5.02 Å². The second-order valence-electron chi connectivity index (χ2n) is 7.74. The molecule has 0 bridgehead atoms. The van der Waals surface area contributed by atoms with Crippen LogP contribution in [0.5, 0.6) is 5.88 Å². The van der Waals surface area contributed by atoms with Crippen LogP contribution in [-0.2, 0) is 0 Å². The molecule has 0 fully saturated rings. The number of fused-ring (bicyclic) bond motifs is 2. The first-order valence-electron chi connectivity index (χ1n) is 10.2. The maximum Gasteiger partial charge on any atom is 0.342 e. The Kier molecular flexibility index (Phi) is 5.25. The van der Waals surface area contributed by atoms with E-state index in [1.54, 1.807) is 6.92 Å². The van der Waals surface area contributed by atoms with Gasteiger partial charge in [-0.3, -0.25) is 13.8 Å². The van der Waals surface area contributed by atoms with Gasteiger partial charge < -0.3 is 4.74 Å². The molecule has 0 aliphatic heterocycles. The summed E-state index contributed by atoms with van der Waals surface area (Å²) < 4.78 is 36.5.